The number of rotatable bonds is 2. The zero-order chi connectivity index (χ0) is 20.2. The van der Waals surface area contributed by atoms with E-state index in [9.17, 15) is 4.79 Å². The summed E-state index contributed by atoms with van der Waals surface area (Å²) in [5.41, 5.74) is 3.05. The van der Waals surface area contributed by atoms with Crippen molar-refractivity contribution in [1.82, 2.24) is 19.7 Å². The molecular formula is C22H20ClN5O. The van der Waals surface area contributed by atoms with Crippen LogP contribution in [0.3, 0.4) is 0 Å². The molecule has 6 nitrogen and oxygen atoms in total. The van der Waals surface area contributed by atoms with Crippen LogP contribution in [0.1, 0.15) is 38.4 Å². The Kier molecular flexibility index (Phi) is 4.06. The highest BCUT2D eigenvalue weighted by molar-refractivity contribution is 6.33. The number of allylic oxidation sites excluding steroid dienone is 2. The van der Waals surface area contributed by atoms with Crippen molar-refractivity contribution in [3.63, 3.8) is 0 Å². The van der Waals surface area contributed by atoms with E-state index >= 15 is 0 Å². The van der Waals surface area contributed by atoms with Gasteiger partial charge < -0.3 is 5.32 Å². The quantitative estimate of drug-likeness (QED) is 0.671. The number of halogens is 1. The van der Waals surface area contributed by atoms with E-state index in [0.717, 1.165) is 28.9 Å². The van der Waals surface area contributed by atoms with Crippen LogP contribution in [0.25, 0.3) is 11.4 Å². The van der Waals surface area contributed by atoms with E-state index in [-0.39, 0.29) is 11.2 Å². The molecule has 1 aliphatic heterocycles. The van der Waals surface area contributed by atoms with Crippen LogP contribution >= 0.6 is 11.6 Å². The van der Waals surface area contributed by atoms with Crippen molar-refractivity contribution >= 4 is 23.3 Å². The zero-order valence-corrected chi connectivity index (χ0v) is 16.9. The predicted molar refractivity (Wildman–Crippen MR) is 112 cm³/mol. The molecule has 3 heterocycles. The van der Waals surface area contributed by atoms with Gasteiger partial charge in [0.25, 0.3) is 0 Å². The number of pyridine rings is 1. The Balaban J connectivity index is 1.70. The molecule has 146 valence electrons. The maximum absolute atomic E-state index is 13.2. The largest absolute Gasteiger partial charge is 0.328 e. The summed E-state index contributed by atoms with van der Waals surface area (Å²) in [6.07, 6.45) is 3.00. The van der Waals surface area contributed by atoms with Gasteiger partial charge in [-0.2, -0.15) is 4.98 Å². The maximum Gasteiger partial charge on any atom is 0.226 e. The van der Waals surface area contributed by atoms with E-state index in [1.165, 1.54) is 0 Å². The molecule has 2 aromatic heterocycles. The number of anilines is 1. The van der Waals surface area contributed by atoms with E-state index in [0.29, 0.717) is 23.2 Å². The normalized spacial score (nSPS) is 20.1. The molecule has 1 unspecified atom stereocenters. The van der Waals surface area contributed by atoms with Crippen LogP contribution in [0.2, 0.25) is 5.02 Å². The number of aromatic nitrogens is 4. The van der Waals surface area contributed by atoms with Crippen LogP contribution in [0, 0.1) is 5.41 Å². The number of nitrogens with one attached hydrogen (secondary N) is 1. The number of ketones is 1. The summed E-state index contributed by atoms with van der Waals surface area (Å²) in [5, 5.41) is 8.69. The Morgan fingerprint density at radius 3 is 2.69 bits per heavy atom. The Hall–Kier alpha value is -2.99. The second-order valence-electron chi connectivity index (χ2n) is 8.30. The van der Waals surface area contributed by atoms with Gasteiger partial charge in [-0.1, -0.05) is 43.6 Å². The molecule has 3 aromatic rings. The molecule has 1 aliphatic carbocycles. The molecule has 0 radical (unpaired) electrons. The smallest absolute Gasteiger partial charge is 0.226 e. The van der Waals surface area contributed by atoms with E-state index in [4.69, 9.17) is 21.7 Å². The van der Waals surface area contributed by atoms with Gasteiger partial charge in [0.15, 0.2) is 11.6 Å². The number of nitrogens with zero attached hydrogens (tertiary/aromatic N) is 4. The highest BCUT2D eigenvalue weighted by atomic mass is 35.5. The lowest BCUT2D eigenvalue weighted by Crippen LogP contribution is -2.36. The molecule has 0 amide bonds. The average molecular weight is 406 g/mol. The summed E-state index contributed by atoms with van der Waals surface area (Å²) < 4.78 is 1.76. The van der Waals surface area contributed by atoms with E-state index in [1.54, 1.807) is 10.9 Å². The molecule has 0 saturated carbocycles. The van der Waals surface area contributed by atoms with Crippen LogP contribution < -0.4 is 5.32 Å². The topological polar surface area (TPSA) is 72.7 Å². The molecule has 0 bridgehead atoms. The molecule has 0 spiro atoms. The first-order valence-electron chi connectivity index (χ1n) is 9.59. The maximum atomic E-state index is 13.2. The molecule has 0 saturated heterocycles. The fourth-order valence-corrected chi connectivity index (χ4v) is 4.40. The summed E-state index contributed by atoms with van der Waals surface area (Å²) in [6.45, 7) is 4.22. The zero-order valence-electron chi connectivity index (χ0n) is 16.2. The monoisotopic (exact) mass is 405 g/mol. The molecule has 0 fully saturated rings. The second-order valence-corrected chi connectivity index (χ2v) is 8.71. The fourth-order valence-electron chi connectivity index (χ4n) is 4.18. The molecular weight excluding hydrogens is 386 g/mol. The molecule has 2 aliphatic rings. The minimum absolute atomic E-state index is 0.106. The van der Waals surface area contributed by atoms with Crippen LogP contribution in [0.4, 0.5) is 5.95 Å². The highest BCUT2D eigenvalue weighted by Gasteiger charge is 2.42. The lowest BCUT2D eigenvalue weighted by atomic mass is 9.73. The van der Waals surface area contributed by atoms with Crippen molar-refractivity contribution in [3.8, 4) is 11.4 Å². The van der Waals surface area contributed by atoms with E-state index in [2.05, 4.69) is 24.1 Å². The summed E-state index contributed by atoms with van der Waals surface area (Å²) in [4.78, 5) is 22.4. The Bertz CT molecular complexity index is 1150. The lowest BCUT2D eigenvalue weighted by Gasteiger charge is -2.37. The van der Waals surface area contributed by atoms with E-state index < -0.39 is 6.04 Å². The minimum Gasteiger partial charge on any atom is -0.328 e. The Morgan fingerprint density at radius 1 is 1.14 bits per heavy atom. The van der Waals surface area contributed by atoms with Crippen molar-refractivity contribution < 1.29 is 4.79 Å². The van der Waals surface area contributed by atoms with Crippen molar-refractivity contribution in [2.75, 3.05) is 5.32 Å². The minimum atomic E-state index is -0.408. The third-order valence-corrected chi connectivity index (χ3v) is 5.74. The molecule has 7 heteroatoms. The molecule has 29 heavy (non-hydrogen) atoms. The first kappa shape index (κ1) is 18.1. The van der Waals surface area contributed by atoms with Gasteiger partial charge in [0.05, 0.1) is 10.7 Å². The SMILES string of the molecule is CC1(C)CC(=O)C2=C(C1)Nc1nc(-c3ccccc3Cl)nn1C2c1ccccn1. The molecule has 1 N–H and O–H groups in total. The fraction of sp³-hybridized carbons (Fsp3) is 0.273. The highest BCUT2D eigenvalue weighted by Crippen LogP contribution is 2.45. The summed E-state index contributed by atoms with van der Waals surface area (Å²) in [7, 11) is 0. The van der Waals surface area contributed by atoms with Crippen molar-refractivity contribution in [3.05, 3.63) is 70.6 Å². The second kappa shape index (κ2) is 6.52. The van der Waals surface area contributed by atoms with Crippen molar-refractivity contribution in [1.29, 1.82) is 0 Å². The van der Waals surface area contributed by atoms with Crippen LogP contribution in [-0.2, 0) is 4.79 Å². The number of carbonyl (C=O) groups is 1. The number of carbonyl (C=O) groups excluding carboxylic acids is 1. The number of benzene rings is 1. The number of Topliss-reactive ketones (excluding diaryl/α,β-unsaturated/α-hetero) is 1. The Morgan fingerprint density at radius 2 is 1.93 bits per heavy atom. The summed E-state index contributed by atoms with van der Waals surface area (Å²) in [6, 6.07) is 12.8. The number of hydrogen-bond acceptors (Lipinski definition) is 5. The van der Waals surface area contributed by atoms with Gasteiger partial charge in [-0.05, 0) is 36.1 Å². The first-order valence-corrected chi connectivity index (χ1v) is 9.96. The van der Waals surface area contributed by atoms with Gasteiger partial charge in [-0.25, -0.2) is 4.68 Å². The molecule has 5 rings (SSSR count). The third kappa shape index (κ3) is 3.04. The average Bonchev–Trinajstić information content (AvgIpc) is 3.09. The van der Waals surface area contributed by atoms with Crippen molar-refractivity contribution in [2.24, 2.45) is 5.41 Å². The third-order valence-electron chi connectivity index (χ3n) is 5.41. The Labute approximate surface area is 173 Å². The van der Waals surface area contributed by atoms with Gasteiger partial charge >= 0.3 is 0 Å². The van der Waals surface area contributed by atoms with Gasteiger partial charge in [0, 0.05) is 29.5 Å². The van der Waals surface area contributed by atoms with Crippen LogP contribution in [0.15, 0.2) is 59.9 Å². The van der Waals surface area contributed by atoms with Gasteiger partial charge in [0.1, 0.15) is 6.04 Å². The van der Waals surface area contributed by atoms with Crippen LogP contribution in [0.5, 0.6) is 0 Å². The van der Waals surface area contributed by atoms with Crippen LogP contribution in [-0.4, -0.2) is 25.5 Å². The lowest BCUT2D eigenvalue weighted by molar-refractivity contribution is -0.118. The predicted octanol–water partition coefficient (Wildman–Crippen LogP) is 4.65. The van der Waals surface area contributed by atoms with Gasteiger partial charge in [0.2, 0.25) is 5.95 Å². The number of fused-ring (bicyclic) bond motifs is 1. The van der Waals surface area contributed by atoms with Crippen molar-refractivity contribution in [2.45, 2.75) is 32.7 Å². The van der Waals surface area contributed by atoms with Gasteiger partial charge in [-0.15, -0.1) is 5.10 Å². The molecule has 1 aromatic carbocycles. The number of hydrogen-bond donors (Lipinski definition) is 1. The molecule has 1 atom stereocenters. The summed E-state index contributed by atoms with van der Waals surface area (Å²) in [5.74, 6) is 1.24. The van der Waals surface area contributed by atoms with E-state index in [1.807, 2.05) is 42.5 Å². The van der Waals surface area contributed by atoms with Gasteiger partial charge in [-0.3, -0.25) is 9.78 Å². The summed E-state index contributed by atoms with van der Waals surface area (Å²) >= 11 is 6.37. The first-order chi connectivity index (χ1) is 13.9. The standard InChI is InChI=1S/C22H20ClN5O/c1-22(2)11-16-18(17(29)12-22)19(15-9-5-6-10-24-15)28-21(25-16)26-20(27-28)13-7-3-4-8-14(13)23/h3-10,19H,11-12H2,1-2H3,(H,25,26,27).